The molecular formula is C12H9ClN4O2S. The van der Waals surface area contributed by atoms with E-state index in [1.54, 1.807) is 12.1 Å². The number of nitrogens with zero attached hydrogens (tertiary/aromatic N) is 2. The van der Waals surface area contributed by atoms with Crippen LogP contribution in [-0.4, -0.2) is 14.5 Å². The number of thiazole rings is 1. The Bertz CT molecular complexity index is 894. The lowest BCUT2D eigenvalue weighted by Crippen LogP contribution is -2.16. The zero-order valence-electron chi connectivity index (χ0n) is 10.1. The van der Waals surface area contributed by atoms with Gasteiger partial charge in [0.25, 0.3) is 5.56 Å². The molecule has 0 saturated carbocycles. The van der Waals surface area contributed by atoms with Gasteiger partial charge in [0.1, 0.15) is 4.70 Å². The van der Waals surface area contributed by atoms with Crippen LogP contribution in [0.1, 0.15) is 5.56 Å². The second-order valence-electron chi connectivity index (χ2n) is 4.18. The standard InChI is InChI=1S/C12H9ClN4O2S/c13-7-3-1-6(2-4-7)5-17-9-8(20-12(17)19)10(18)16-11(14)15-9/h1-4H,5H2,(H3,14,15,16,18). The Morgan fingerprint density at radius 2 is 2.00 bits per heavy atom. The van der Waals surface area contributed by atoms with Gasteiger partial charge in [0.05, 0.1) is 6.54 Å². The van der Waals surface area contributed by atoms with Crippen LogP contribution in [0.15, 0.2) is 33.9 Å². The van der Waals surface area contributed by atoms with Crippen LogP contribution in [0, 0.1) is 0 Å². The normalized spacial score (nSPS) is 11.1. The van der Waals surface area contributed by atoms with E-state index < -0.39 is 5.56 Å². The van der Waals surface area contributed by atoms with Crippen molar-refractivity contribution in [2.45, 2.75) is 6.54 Å². The van der Waals surface area contributed by atoms with Gasteiger partial charge < -0.3 is 5.73 Å². The highest BCUT2D eigenvalue weighted by Gasteiger charge is 2.13. The summed E-state index contributed by atoms with van der Waals surface area (Å²) in [5.74, 6) is -0.00911. The van der Waals surface area contributed by atoms with Gasteiger partial charge in [-0.1, -0.05) is 35.1 Å². The lowest BCUT2D eigenvalue weighted by molar-refractivity contribution is 0.803. The number of nitrogen functional groups attached to an aromatic ring is 1. The highest BCUT2D eigenvalue weighted by molar-refractivity contribution is 7.16. The average Bonchev–Trinajstić information content (AvgIpc) is 2.70. The van der Waals surface area contributed by atoms with E-state index in [0.717, 1.165) is 16.9 Å². The van der Waals surface area contributed by atoms with Gasteiger partial charge in [-0.15, -0.1) is 0 Å². The summed E-state index contributed by atoms with van der Waals surface area (Å²) in [6, 6.07) is 7.11. The summed E-state index contributed by atoms with van der Waals surface area (Å²) in [5, 5.41) is 0.620. The smallest absolute Gasteiger partial charge is 0.309 e. The van der Waals surface area contributed by atoms with Crippen molar-refractivity contribution in [1.82, 2.24) is 14.5 Å². The fourth-order valence-electron chi connectivity index (χ4n) is 1.88. The molecule has 6 nitrogen and oxygen atoms in total. The van der Waals surface area contributed by atoms with Crippen LogP contribution in [0.4, 0.5) is 5.95 Å². The topological polar surface area (TPSA) is 93.8 Å². The maximum atomic E-state index is 12.0. The Morgan fingerprint density at radius 1 is 1.30 bits per heavy atom. The van der Waals surface area contributed by atoms with E-state index in [9.17, 15) is 9.59 Å². The van der Waals surface area contributed by atoms with Gasteiger partial charge in [-0.05, 0) is 17.7 Å². The summed E-state index contributed by atoms with van der Waals surface area (Å²) in [5.41, 5.74) is 6.31. The number of hydrogen-bond acceptors (Lipinski definition) is 5. The summed E-state index contributed by atoms with van der Waals surface area (Å²) in [6.07, 6.45) is 0. The molecule has 3 rings (SSSR count). The number of aromatic amines is 1. The zero-order chi connectivity index (χ0) is 14.3. The minimum Gasteiger partial charge on any atom is -0.369 e. The molecular weight excluding hydrogens is 300 g/mol. The number of H-pyrrole nitrogens is 1. The van der Waals surface area contributed by atoms with Gasteiger partial charge >= 0.3 is 4.87 Å². The summed E-state index contributed by atoms with van der Waals surface area (Å²) in [6.45, 7) is 0.311. The van der Waals surface area contributed by atoms with Gasteiger partial charge in [0.15, 0.2) is 5.65 Å². The molecule has 8 heteroatoms. The van der Waals surface area contributed by atoms with Crippen molar-refractivity contribution in [2.75, 3.05) is 5.73 Å². The number of nitrogens with one attached hydrogen (secondary N) is 1. The third-order valence-corrected chi connectivity index (χ3v) is 4.02. The fourth-order valence-corrected chi connectivity index (χ4v) is 2.84. The van der Waals surface area contributed by atoms with Gasteiger partial charge in [-0.25, -0.2) is 0 Å². The molecule has 3 aromatic rings. The molecule has 102 valence electrons. The van der Waals surface area contributed by atoms with Crippen molar-refractivity contribution < 1.29 is 0 Å². The molecule has 20 heavy (non-hydrogen) atoms. The van der Waals surface area contributed by atoms with Crippen LogP contribution in [0.5, 0.6) is 0 Å². The average molecular weight is 309 g/mol. The Kier molecular flexibility index (Phi) is 3.07. The number of aromatic nitrogens is 3. The first-order valence-corrected chi connectivity index (χ1v) is 6.87. The molecule has 0 atom stereocenters. The largest absolute Gasteiger partial charge is 0.369 e. The maximum absolute atomic E-state index is 12.0. The minimum absolute atomic E-state index is 0.00911. The van der Waals surface area contributed by atoms with E-state index in [-0.39, 0.29) is 15.5 Å². The molecule has 1 aromatic carbocycles. The Labute approximate surface area is 121 Å². The van der Waals surface area contributed by atoms with Crippen LogP contribution in [-0.2, 0) is 6.54 Å². The second kappa shape index (κ2) is 4.77. The number of rotatable bonds is 2. The molecule has 2 aromatic heterocycles. The molecule has 0 amide bonds. The van der Waals surface area contributed by atoms with Crippen LogP contribution >= 0.6 is 22.9 Å². The van der Waals surface area contributed by atoms with Crippen molar-refractivity contribution in [2.24, 2.45) is 0 Å². The lowest BCUT2D eigenvalue weighted by Gasteiger charge is -2.03. The Balaban J connectivity index is 2.16. The second-order valence-corrected chi connectivity index (χ2v) is 5.58. The van der Waals surface area contributed by atoms with Gasteiger partial charge in [0.2, 0.25) is 5.95 Å². The van der Waals surface area contributed by atoms with Crippen LogP contribution < -0.4 is 16.2 Å². The lowest BCUT2D eigenvalue weighted by atomic mass is 10.2. The molecule has 0 bridgehead atoms. The molecule has 0 saturated heterocycles. The van der Waals surface area contributed by atoms with Crippen molar-refractivity contribution in [1.29, 1.82) is 0 Å². The molecule has 0 fully saturated rings. The van der Waals surface area contributed by atoms with Gasteiger partial charge in [-0.3, -0.25) is 19.1 Å². The molecule has 3 N–H and O–H groups in total. The Hall–Kier alpha value is -2.12. The SMILES string of the molecule is Nc1nc2c(sc(=O)n2Cc2ccc(Cl)cc2)c(=O)[nH]1. The third-order valence-electron chi connectivity index (χ3n) is 2.80. The number of anilines is 1. The first-order valence-electron chi connectivity index (χ1n) is 5.68. The number of nitrogens with two attached hydrogens (primary N) is 1. The monoisotopic (exact) mass is 308 g/mol. The highest BCUT2D eigenvalue weighted by Crippen LogP contribution is 2.14. The van der Waals surface area contributed by atoms with Crippen molar-refractivity contribution in [3.05, 3.63) is 54.9 Å². The van der Waals surface area contributed by atoms with Crippen LogP contribution in [0.25, 0.3) is 10.3 Å². The van der Waals surface area contributed by atoms with Crippen LogP contribution in [0.2, 0.25) is 5.02 Å². The number of halogens is 1. The number of fused-ring (bicyclic) bond motifs is 1. The summed E-state index contributed by atoms with van der Waals surface area (Å²) < 4.78 is 1.70. The van der Waals surface area contributed by atoms with E-state index >= 15 is 0 Å². The molecule has 0 aliphatic heterocycles. The summed E-state index contributed by atoms with van der Waals surface area (Å²) in [4.78, 5) is 29.9. The maximum Gasteiger partial charge on any atom is 0.309 e. The van der Waals surface area contributed by atoms with Crippen molar-refractivity contribution >= 4 is 39.2 Å². The van der Waals surface area contributed by atoms with Crippen molar-refractivity contribution in [3.8, 4) is 0 Å². The molecule has 0 radical (unpaired) electrons. The predicted molar refractivity (Wildman–Crippen MR) is 79.5 cm³/mol. The molecule has 0 unspecified atom stereocenters. The molecule has 0 aliphatic carbocycles. The van der Waals surface area contributed by atoms with E-state index in [2.05, 4.69) is 9.97 Å². The third kappa shape index (κ3) is 2.21. The highest BCUT2D eigenvalue weighted by atomic mass is 35.5. The number of benzene rings is 1. The van der Waals surface area contributed by atoms with E-state index in [4.69, 9.17) is 17.3 Å². The first-order chi connectivity index (χ1) is 9.54. The summed E-state index contributed by atoms with van der Waals surface area (Å²) in [7, 11) is 0. The van der Waals surface area contributed by atoms with E-state index in [1.807, 2.05) is 12.1 Å². The van der Waals surface area contributed by atoms with Crippen molar-refractivity contribution in [3.63, 3.8) is 0 Å². The predicted octanol–water partition coefficient (Wildman–Crippen LogP) is 1.43. The summed E-state index contributed by atoms with van der Waals surface area (Å²) >= 11 is 6.68. The van der Waals surface area contributed by atoms with Gasteiger partial charge in [-0.2, -0.15) is 4.98 Å². The van der Waals surface area contributed by atoms with Gasteiger partial charge in [0, 0.05) is 5.02 Å². The molecule has 0 aliphatic rings. The number of hydrogen-bond donors (Lipinski definition) is 2. The Morgan fingerprint density at radius 3 is 2.70 bits per heavy atom. The molecule has 0 spiro atoms. The first kappa shape index (κ1) is 12.9. The quantitative estimate of drug-likeness (QED) is 0.749. The van der Waals surface area contributed by atoms with E-state index in [1.165, 1.54) is 4.57 Å². The van der Waals surface area contributed by atoms with Crippen LogP contribution in [0.3, 0.4) is 0 Å². The zero-order valence-corrected chi connectivity index (χ0v) is 11.7. The minimum atomic E-state index is -0.399. The van der Waals surface area contributed by atoms with E-state index in [0.29, 0.717) is 17.2 Å². The fraction of sp³-hybridized carbons (Fsp3) is 0.0833. The molecule has 2 heterocycles.